The number of rotatable bonds is 8. The van der Waals surface area contributed by atoms with Gasteiger partial charge in [0.1, 0.15) is 12.0 Å². The van der Waals surface area contributed by atoms with Gasteiger partial charge in [0, 0.05) is 12.6 Å². The fraction of sp³-hybridized carbons (Fsp3) is 0.353. The number of carbonyl (C=O) groups excluding carboxylic acids is 1. The van der Waals surface area contributed by atoms with Crippen molar-refractivity contribution in [1.29, 1.82) is 0 Å². The molecule has 0 saturated heterocycles. The van der Waals surface area contributed by atoms with Crippen LogP contribution in [0.3, 0.4) is 0 Å². The van der Waals surface area contributed by atoms with Crippen LogP contribution >= 0.6 is 15.9 Å². The van der Waals surface area contributed by atoms with Gasteiger partial charge >= 0.3 is 0 Å². The molecule has 0 aliphatic rings. The van der Waals surface area contributed by atoms with Crippen LogP contribution in [0, 0.1) is 0 Å². The lowest BCUT2D eigenvalue weighted by Gasteiger charge is -2.07. The summed E-state index contributed by atoms with van der Waals surface area (Å²) in [5, 5.41) is 2.87. The maximum atomic E-state index is 11.8. The average molecular weight is 366 g/mol. The van der Waals surface area contributed by atoms with Gasteiger partial charge in [-0.3, -0.25) is 4.79 Å². The molecule has 0 unspecified atom stereocenters. The van der Waals surface area contributed by atoms with Crippen molar-refractivity contribution in [2.24, 2.45) is 0 Å². The lowest BCUT2D eigenvalue weighted by atomic mass is 10.1. The molecule has 1 aromatic carbocycles. The molecule has 1 aromatic heterocycles. The lowest BCUT2D eigenvalue weighted by Crippen LogP contribution is -2.25. The van der Waals surface area contributed by atoms with E-state index in [9.17, 15) is 4.79 Å². The predicted octanol–water partition coefficient (Wildman–Crippen LogP) is 4.19. The Morgan fingerprint density at radius 1 is 1.32 bits per heavy atom. The summed E-state index contributed by atoms with van der Waals surface area (Å²) in [6.45, 7) is 3.48. The summed E-state index contributed by atoms with van der Waals surface area (Å²) >= 11 is 3.18. The zero-order valence-corrected chi connectivity index (χ0v) is 14.2. The van der Waals surface area contributed by atoms with Crippen LogP contribution < -0.4 is 10.1 Å². The standard InChI is InChI=1S/C17H20BrNO3/c1-2-3-10-21-15-6-4-13(5-7-15)8-9-19-17(20)14-11-16(18)22-12-14/h4-7,11-12H,2-3,8-10H2,1H3,(H,19,20). The Kier molecular flexibility index (Phi) is 6.52. The van der Waals surface area contributed by atoms with E-state index < -0.39 is 0 Å². The molecule has 2 rings (SSSR count). The summed E-state index contributed by atoms with van der Waals surface area (Å²) in [4.78, 5) is 11.8. The zero-order valence-electron chi connectivity index (χ0n) is 12.6. The summed E-state index contributed by atoms with van der Waals surface area (Å²) < 4.78 is 11.2. The third-order valence-electron chi connectivity index (χ3n) is 3.22. The first kappa shape index (κ1) is 16.6. The SMILES string of the molecule is CCCCOc1ccc(CCNC(=O)c2coc(Br)c2)cc1. The monoisotopic (exact) mass is 365 g/mol. The third kappa shape index (κ3) is 5.22. The van der Waals surface area contributed by atoms with Crippen molar-refractivity contribution in [3.8, 4) is 5.75 Å². The van der Waals surface area contributed by atoms with Crippen molar-refractivity contribution in [2.45, 2.75) is 26.2 Å². The molecule has 1 amide bonds. The maximum Gasteiger partial charge on any atom is 0.254 e. The highest BCUT2D eigenvalue weighted by molar-refractivity contribution is 9.10. The predicted molar refractivity (Wildman–Crippen MR) is 89.3 cm³/mol. The highest BCUT2D eigenvalue weighted by atomic mass is 79.9. The number of unbranched alkanes of at least 4 members (excludes halogenated alkanes) is 1. The maximum absolute atomic E-state index is 11.8. The van der Waals surface area contributed by atoms with Crippen LogP contribution in [-0.2, 0) is 6.42 Å². The minimum atomic E-state index is -0.131. The molecule has 0 bridgehead atoms. The van der Waals surface area contributed by atoms with E-state index in [1.54, 1.807) is 6.07 Å². The van der Waals surface area contributed by atoms with Crippen LogP contribution in [0.1, 0.15) is 35.7 Å². The molecule has 0 aliphatic heterocycles. The van der Waals surface area contributed by atoms with Crippen LogP contribution in [-0.4, -0.2) is 19.1 Å². The van der Waals surface area contributed by atoms with Crippen molar-refractivity contribution < 1.29 is 13.9 Å². The van der Waals surface area contributed by atoms with E-state index in [0.29, 0.717) is 16.8 Å². The Balaban J connectivity index is 1.73. The second-order valence-corrected chi connectivity index (χ2v) is 5.77. The first-order valence-corrected chi connectivity index (χ1v) is 8.22. The normalized spacial score (nSPS) is 10.5. The molecule has 0 fully saturated rings. The molecular weight excluding hydrogens is 346 g/mol. The summed E-state index contributed by atoms with van der Waals surface area (Å²) in [7, 11) is 0. The molecule has 2 aromatic rings. The molecule has 0 aliphatic carbocycles. The average Bonchev–Trinajstić information content (AvgIpc) is 2.96. The van der Waals surface area contributed by atoms with E-state index in [1.165, 1.54) is 6.26 Å². The topological polar surface area (TPSA) is 51.5 Å². The van der Waals surface area contributed by atoms with Crippen LogP contribution in [0.2, 0.25) is 0 Å². The number of hydrogen-bond donors (Lipinski definition) is 1. The Labute approximate surface area is 139 Å². The number of benzene rings is 1. The second-order valence-electron chi connectivity index (χ2n) is 4.99. The quantitative estimate of drug-likeness (QED) is 0.713. The number of furan rings is 1. The molecule has 1 N–H and O–H groups in total. The summed E-state index contributed by atoms with van der Waals surface area (Å²) in [5.74, 6) is 0.762. The zero-order chi connectivity index (χ0) is 15.8. The lowest BCUT2D eigenvalue weighted by molar-refractivity contribution is 0.0953. The molecule has 0 saturated carbocycles. The van der Waals surface area contributed by atoms with E-state index in [0.717, 1.165) is 37.2 Å². The van der Waals surface area contributed by atoms with Crippen molar-refractivity contribution in [3.63, 3.8) is 0 Å². The summed E-state index contributed by atoms with van der Waals surface area (Å²) in [6.07, 6.45) is 4.41. The van der Waals surface area contributed by atoms with Gasteiger partial charge in [-0.25, -0.2) is 0 Å². The molecular formula is C17H20BrNO3. The number of halogens is 1. The van der Waals surface area contributed by atoms with Crippen molar-refractivity contribution in [1.82, 2.24) is 5.32 Å². The fourth-order valence-electron chi connectivity index (χ4n) is 1.94. The van der Waals surface area contributed by atoms with E-state index in [2.05, 4.69) is 28.2 Å². The summed E-state index contributed by atoms with van der Waals surface area (Å²) in [5.41, 5.74) is 1.68. The van der Waals surface area contributed by atoms with E-state index in [4.69, 9.17) is 9.15 Å². The van der Waals surface area contributed by atoms with Gasteiger partial charge in [0.2, 0.25) is 0 Å². The molecule has 0 radical (unpaired) electrons. The van der Waals surface area contributed by atoms with Gasteiger partial charge in [-0.1, -0.05) is 25.5 Å². The van der Waals surface area contributed by atoms with Gasteiger partial charge in [-0.05, 0) is 46.5 Å². The highest BCUT2D eigenvalue weighted by Crippen LogP contribution is 2.14. The molecule has 4 nitrogen and oxygen atoms in total. The molecule has 118 valence electrons. The molecule has 5 heteroatoms. The Bertz CT molecular complexity index is 592. The largest absolute Gasteiger partial charge is 0.494 e. The van der Waals surface area contributed by atoms with Crippen molar-refractivity contribution >= 4 is 21.8 Å². The van der Waals surface area contributed by atoms with Crippen LogP contribution in [0.15, 0.2) is 45.7 Å². The van der Waals surface area contributed by atoms with Gasteiger partial charge in [-0.2, -0.15) is 0 Å². The first-order valence-electron chi connectivity index (χ1n) is 7.43. The number of nitrogens with one attached hydrogen (secondary N) is 1. The molecule has 22 heavy (non-hydrogen) atoms. The molecule has 0 spiro atoms. The Morgan fingerprint density at radius 2 is 2.09 bits per heavy atom. The van der Waals surface area contributed by atoms with E-state index in [-0.39, 0.29) is 5.91 Å². The fourth-order valence-corrected chi connectivity index (χ4v) is 2.28. The molecule has 1 heterocycles. The van der Waals surface area contributed by atoms with Crippen LogP contribution in [0.4, 0.5) is 0 Å². The van der Waals surface area contributed by atoms with Crippen molar-refractivity contribution in [3.05, 3.63) is 52.4 Å². The van der Waals surface area contributed by atoms with E-state index in [1.807, 2.05) is 24.3 Å². The number of ether oxygens (including phenoxy) is 1. The number of amides is 1. The number of carbonyl (C=O) groups is 1. The minimum Gasteiger partial charge on any atom is -0.494 e. The third-order valence-corrected chi connectivity index (χ3v) is 3.63. The van der Waals surface area contributed by atoms with Gasteiger partial charge in [-0.15, -0.1) is 0 Å². The van der Waals surface area contributed by atoms with Crippen molar-refractivity contribution in [2.75, 3.05) is 13.2 Å². The van der Waals surface area contributed by atoms with E-state index >= 15 is 0 Å². The Morgan fingerprint density at radius 3 is 2.73 bits per heavy atom. The minimum absolute atomic E-state index is 0.131. The van der Waals surface area contributed by atoms with Crippen LogP contribution in [0.5, 0.6) is 5.75 Å². The van der Waals surface area contributed by atoms with Gasteiger partial charge < -0.3 is 14.5 Å². The Hall–Kier alpha value is -1.75. The first-order chi connectivity index (χ1) is 10.7. The molecule has 0 atom stereocenters. The van der Waals surface area contributed by atoms with Gasteiger partial charge in [0.25, 0.3) is 5.91 Å². The number of hydrogen-bond acceptors (Lipinski definition) is 3. The summed E-state index contributed by atoms with van der Waals surface area (Å²) in [6, 6.07) is 9.65. The second kappa shape index (κ2) is 8.63. The van der Waals surface area contributed by atoms with Crippen LogP contribution in [0.25, 0.3) is 0 Å². The van der Waals surface area contributed by atoms with Gasteiger partial charge in [0.15, 0.2) is 4.67 Å². The highest BCUT2D eigenvalue weighted by Gasteiger charge is 2.08. The van der Waals surface area contributed by atoms with Gasteiger partial charge in [0.05, 0.1) is 12.2 Å². The smallest absolute Gasteiger partial charge is 0.254 e.